The van der Waals surface area contributed by atoms with E-state index in [0.717, 1.165) is 31.2 Å². The molecule has 0 aliphatic carbocycles. The van der Waals surface area contributed by atoms with Gasteiger partial charge in [0.1, 0.15) is 5.82 Å². The van der Waals surface area contributed by atoms with Crippen LogP contribution in [0, 0.1) is 5.92 Å². The largest absolute Gasteiger partial charge is 0.481 e. The summed E-state index contributed by atoms with van der Waals surface area (Å²) in [7, 11) is 0. The van der Waals surface area contributed by atoms with Crippen LogP contribution in [0.3, 0.4) is 0 Å². The minimum Gasteiger partial charge on any atom is -0.481 e. The van der Waals surface area contributed by atoms with Crippen molar-refractivity contribution in [2.45, 2.75) is 45.1 Å². The fraction of sp³-hybridized carbons (Fsp3) is 0.786. The van der Waals surface area contributed by atoms with Crippen LogP contribution in [-0.4, -0.2) is 50.4 Å². The lowest BCUT2D eigenvalue weighted by Crippen LogP contribution is -2.34. The summed E-state index contributed by atoms with van der Waals surface area (Å²) in [4.78, 5) is 18.2. The first-order chi connectivity index (χ1) is 9.67. The van der Waals surface area contributed by atoms with E-state index in [1.807, 2.05) is 4.68 Å². The minimum absolute atomic E-state index is 0.293. The molecule has 1 saturated heterocycles. The third kappa shape index (κ3) is 2.57. The Morgan fingerprint density at radius 3 is 3.00 bits per heavy atom. The van der Waals surface area contributed by atoms with Crippen molar-refractivity contribution in [3.05, 3.63) is 11.6 Å². The SMILES string of the molecule is CCN1CCCC(c2nc3n(n2)CCC(C(=O)O)C3)C1. The predicted octanol–water partition coefficient (Wildman–Crippen LogP) is 1.12. The van der Waals surface area contributed by atoms with E-state index in [0.29, 0.717) is 25.3 Å². The van der Waals surface area contributed by atoms with Gasteiger partial charge in [0.25, 0.3) is 0 Å². The molecular weight excluding hydrogens is 256 g/mol. The predicted molar refractivity (Wildman–Crippen MR) is 73.6 cm³/mol. The van der Waals surface area contributed by atoms with Crippen molar-refractivity contribution in [2.75, 3.05) is 19.6 Å². The minimum atomic E-state index is -0.712. The average molecular weight is 278 g/mol. The van der Waals surface area contributed by atoms with E-state index in [-0.39, 0.29) is 5.92 Å². The fourth-order valence-electron chi connectivity index (χ4n) is 3.26. The molecule has 1 aromatic heterocycles. The second-order valence-electron chi connectivity index (χ2n) is 5.87. The lowest BCUT2D eigenvalue weighted by molar-refractivity contribution is -0.142. The molecule has 0 amide bonds. The number of carboxylic acids is 1. The zero-order valence-corrected chi connectivity index (χ0v) is 12.0. The Bertz CT molecular complexity index is 499. The van der Waals surface area contributed by atoms with Crippen LogP contribution in [0.1, 0.15) is 43.8 Å². The van der Waals surface area contributed by atoms with E-state index in [4.69, 9.17) is 5.11 Å². The molecule has 20 heavy (non-hydrogen) atoms. The number of aryl methyl sites for hydroxylation is 1. The highest BCUT2D eigenvalue weighted by molar-refractivity contribution is 5.70. The van der Waals surface area contributed by atoms with Gasteiger partial charge in [0, 0.05) is 25.4 Å². The maximum Gasteiger partial charge on any atom is 0.307 e. The maximum absolute atomic E-state index is 11.1. The Kier molecular flexibility index (Phi) is 3.74. The lowest BCUT2D eigenvalue weighted by Gasteiger charge is -2.30. The number of likely N-dealkylation sites (N-methyl/N-ethyl adjacent to an activating group) is 1. The van der Waals surface area contributed by atoms with Crippen LogP contribution in [0.15, 0.2) is 0 Å². The Hall–Kier alpha value is -1.43. The Balaban J connectivity index is 1.75. The molecule has 0 spiro atoms. The number of fused-ring (bicyclic) bond motifs is 1. The van der Waals surface area contributed by atoms with E-state index >= 15 is 0 Å². The first-order valence-electron chi connectivity index (χ1n) is 7.56. The van der Waals surface area contributed by atoms with Crippen LogP contribution >= 0.6 is 0 Å². The van der Waals surface area contributed by atoms with Gasteiger partial charge in [0.15, 0.2) is 5.82 Å². The van der Waals surface area contributed by atoms with Gasteiger partial charge in [-0.1, -0.05) is 6.92 Å². The highest BCUT2D eigenvalue weighted by Crippen LogP contribution is 2.27. The van der Waals surface area contributed by atoms with Crippen molar-refractivity contribution in [1.82, 2.24) is 19.7 Å². The van der Waals surface area contributed by atoms with Crippen LogP contribution < -0.4 is 0 Å². The van der Waals surface area contributed by atoms with Gasteiger partial charge in [-0.05, 0) is 32.4 Å². The molecule has 2 unspecified atom stereocenters. The maximum atomic E-state index is 11.1. The molecule has 2 atom stereocenters. The van der Waals surface area contributed by atoms with Crippen molar-refractivity contribution in [1.29, 1.82) is 0 Å². The second kappa shape index (κ2) is 5.52. The summed E-state index contributed by atoms with van der Waals surface area (Å²) in [6.07, 6.45) is 3.52. The third-order valence-corrected chi connectivity index (χ3v) is 4.55. The topological polar surface area (TPSA) is 71.2 Å². The summed E-state index contributed by atoms with van der Waals surface area (Å²) in [5, 5.41) is 13.7. The molecule has 3 rings (SSSR count). The van der Waals surface area contributed by atoms with Crippen LogP contribution in [0.25, 0.3) is 0 Å². The van der Waals surface area contributed by atoms with Crippen LogP contribution in [0.2, 0.25) is 0 Å². The first-order valence-corrected chi connectivity index (χ1v) is 7.56. The molecule has 6 nitrogen and oxygen atoms in total. The molecule has 1 fully saturated rings. The Morgan fingerprint density at radius 1 is 1.40 bits per heavy atom. The van der Waals surface area contributed by atoms with Gasteiger partial charge in [-0.3, -0.25) is 4.79 Å². The van der Waals surface area contributed by atoms with Gasteiger partial charge in [0.05, 0.1) is 5.92 Å². The fourth-order valence-corrected chi connectivity index (χ4v) is 3.26. The Labute approximate surface area is 118 Å². The number of aliphatic carboxylic acids is 1. The average Bonchev–Trinajstić information content (AvgIpc) is 2.90. The van der Waals surface area contributed by atoms with Crippen molar-refractivity contribution in [2.24, 2.45) is 5.92 Å². The summed E-state index contributed by atoms with van der Waals surface area (Å²) >= 11 is 0. The molecule has 6 heteroatoms. The number of hydrogen-bond donors (Lipinski definition) is 1. The van der Waals surface area contributed by atoms with Gasteiger partial charge in [0.2, 0.25) is 0 Å². The summed E-state index contributed by atoms with van der Waals surface area (Å²) in [5.74, 6) is 1.18. The normalized spacial score (nSPS) is 27.2. The molecule has 1 N–H and O–H groups in total. The molecule has 0 saturated carbocycles. The van der Waals surface area contributed by atoms with E-state index in [1.54, 1.807) is 0 Å². The van der Waals surface area contributed by atoms with Crippen LogP contribution in [-0.2, 0) is 17.8 Å². The second-order valence-corrected chi connectivity index (χ2v) is 5.87. The van der Waals surface area contributed by atoms with Crippen molar-refractivity contribution >= 4 is 5.97 Å². The molecule has 0 bridgehead atoms. The summed E-state index contributed by atoms with van der Waals surface area (Å²) < 4.78 is 1.92. The number of likely N-dealkylation sites (tertiary alicyclic amines) is 1. The van der Waals surface area contributed by atoms with Crippen molar-refractivity contribution < 1.29 is 9.90 Å². The zero-order valence-electron chi connectivity index (χ0n) is 12.0. The highest BCUT2D eigenvalue weighted by Gasteiger charge is 2.29. The van der Waals surface area contributed by atoms with Crippen LogP contribution in [0.4, 0.5) is 0 Å². The molecule has 3 heterocycles. The molecule has 110 valence electrons. The third-order valence-electron chi connectivity index (χ3n) is 4.55. The summed E-state index contributed by atoms with van der Waals surface area (Å²) in [6, 6.07) is 0. The number of carboxylic acid groups (broad SMARTS) is 1. The van der Waals surface area contributed by atoms with Gasteiger partial charge < -0.3 is 10.0 Å². The number of hydrogen-bond acceptors (Lipinski definition) is 4. The quantitative estimate of drug-likeness (QED) is 0.897. The van der Waals surface area contributed by atoms with Gasteiger partial charge >= 0.3 is 5.97 Å². The van der Waals surface area contributed by atoms with Crippen molar-refractivity contribution in [3.63, 3.8) is 0 Å². The highest BCUT2D eigenvalue weighted by atomic mass is 16.4. The van der Waals surface area contributed by atoms with E-state index in [1.165, 1.54) is 13.0 Å². The van der Waals surface area contributed by atoms with E-state index in [2.05, 4.69) is 21.9 Å². The standard InChI is InChI=1S/C14H22N4O2/c1-2-17-6-3-4-11(9-17)13-15-12-8-10(14(19)20)5-7-18(12)16-13/h10-11H,2-9H2,1H3,(H,19,20). The van der Waals surface area contributed by atoms with E-state index in [9.17, 15) is 4.79 Å². The number of aromatic nitrogens is 3. The number of carbonyl (C=O) groups is 1. The lowest BCUT2D eigenvalue weighted by atomic mass is 9.97. The molecule has 2 aliphatic rings. The molecule has 2 aliphatic heterocycles. The van der Waals surface area contributed by atoms with E-state index < -0.39 is 5.97 Å². The molecule has 0 aromatic carbocycles. The molecular formula is C14H22N4O2. The smallest absolute Gasteiger partial charge is 0.307 e. The first kappa shape index (κ1) is 13.5. The summed E-state index contributed by atoms with van der Waals surface area (Å²) in [5.41, 5.74) is 0. The van der Waals surface area contributed by atoms with Gasteiger partial charge in [-0.2, -0.15) is 5.10 Å². The molecule has 1 aromatic rings. The monoisotopic (exact) mass is 278 g/mol. The number of piperidine rings is 1. The van der Waals surface area contributed by atoms with Gasteiger partial charge in [-0.25, -0.2) is 9.67 Å². The summed E-state index contributed by atoms with van der Waals surface area (Å²) in [6.45, 7) is 6.14. The van der Waals surface area contributed by atoms with Crippen LogP contribution in [0.5, 0.6) is 0 Å². The zero-order chi connectivity index (χ0) is 14.1. The molecule has 0 radical (unpaired) electrons. The number of nitrogens with zero attached hydrogens (tertiary/aromatic N) is 4. The van der Waals surface area contributed by atoms with Gasteiger partial charge in [-0.15, -0.1) is 0 Å². The van der Waals surface area contributed by atoms with Crippen molar-refractivity contribution in [3.8, 4) is 0 Å². The Morgan fingerprint density at radius 2 is 2.25 bits per heavy atom. The number of rotatable bonds is 3.